The molecule has 0 aliphatic carbocycles. The van der Waals surface area contributed by atoms with Crippen molar-refractivity contribution in [3.63, 3.8) is 0 Å². The van der Waals surface area contributed by atoms with E-state index in [1.165, 1.54) is 54.8 Å². The van der Waals surface area contributed by atoms with E-state index in [0.717, 1.165) is 66.6 Å². The molecule has 0 unspecified atom stereocenters. The van der Waals surface area contributed by atoms with E-state index in [-0.39, 0.29) is 0 Å². The molecule has 3 nitrogen and oxygen atoms in total. The number of hydrogen-bond acceptors (Lipinski definition) is 1. The number of nitrogens with zero attached hydrogens (tertiary/aromatic N) is 2. The summed E-state index contributed by atoms with van der Waals surface area (Å²) < 4.78 is 11.7. The van der Waals surface area contributed by atoms with Crippen LogP contribution >= 0.6 is 0 Å². The van der Waals surface area contributed by atoms with E-state index >= 15 is 0 Å². The quantitative estimate of drug-likeness (QED) is 0.164. The second kappa shape index (κ2) is 14.1. The number of rotatable bonds is 6. The van der Waals surface area contributed by atoms with Gasteiger partial charge in [-0.25, -0.2) is 0 Å². The van der Waals surface area contributed by atoms with Gasteiger partial charge in [0.15, 0.2) is 0 Å². The average Bonchev–Trinajstić information content (AvgIpc) is 4.01. The smallest absolute Gasteiger partial charge is 0.143 e. The first kappa shape index (κ1) is 35.4. The van der Waals surface area contributed by atoms with E-state index in [1.54, 1.807) is 0 Å². The molecule has 0 atom stereocenters. The summed E-state index contributed by atoms with van der Waals surface area (Å²) in [4.78, 5) is 0. The Morgan fingerprint density at radius 3 is 1.37 bits per heavy atom. The van der Waals surface area contributed by atoms with Crippen LogP contribution in [-0.4, -0.2) is 9.13 Å². The van der Waals surface area contributed by atoms with E-state index in [9.17, 15) is 0 Å². The molecule has 3 aromatic heterocycles. The lowest BCUT2D eigenvalue weighted by Gasteiger charge is -2.17. The van der Waals surface area contributed by atoms with Gasteiger partial charge < -0.3 is 13.6 Å². The average molecular weight is 803 g/mol. The third kappa shape index (κ3) is 5.46. The van der Waals surface area contributed by atoms with Crippen molar-refractivity contribution in [2.24, 2.45) is 0 Å². The minimum Gasteiger partial charge on any atom is -0.455 e. The lowest BCUT2D eigenvalue weighted by molar-refractivity contribution is 0.670. The zero-order valence-electron chi connectivity index (χ0n) is 34.2. The molecule has 13 aromatic rings. The largest absolute Gasteiger partial charge is 0.455 e. The molecule has 3 heteroatoms. The third-order valence-corrected chi connectivity index (χ3v) is 13.0. The topological polar surface area (TPSA) is 23.0 Å². The van der Waals surface area contributed by atoms with Gasteiger partial charge in [0.1, 0.15) is 11.2 Å². The van der Waals surface area contributed by atoms with Crippen molar-refractivity contribution < 1.29 is 4.42 Å². The highest BCUT2D eigenvalue weighted by atomic mass is 16.3. The fourth-order valence-corrected chi connectivity index (χ4v) is 10.2. The molecule has 0 spiro atoms. The highest BCUT2D eigenvalue weighted by Crippen LogP contribution is 2.46. The predicted molar refractivity (Wildman–Crippen MR) is 264 cm³/mol. The van der Waals surface area contributed by atoms with Crippen molar-refractivity contribution in [3.05, 3.63) is 231 Å². The number of para-hydroxylation sites is 5. The summed E-state index contributed by atoms with van der Waals surface area (Å²) in [6.07, 6.45) is 0. The number of benzene rings is 10. The number of hydrogen-bond donors (Lipinski definition) is 0. The lowest BCUT2D eigenvalue weighted by Crippen LogP contribution is -2.03. The number of fused-ring (bicyclic) bond motifs is 9. The normalized spacial score (nSPS) is 11.8. The van der Waals surface area contributed by atoms with E-state index in [0.29, 0.717) is 0 Å². The minimum absolute atomic E-state index is 0.889. The molecule has 0 N–H and O–H groups in total. The summed E-state index contributed by atoms with van der Waals surface area (Å²) in [6, 6.07) is 83.4. The van der Waals surface area contributed by atoms with Crippen molar-refractivity contribution in [1.29, 1.82) is 0 Å². The van der Waals surface area contributed by atoms with Gasteiger partial charge in [-0.1, -0.05) is 170 Å². The molecule has 0 aliphatic rings. The van der Waals surface area contributed by atoms with Gasteiger partial charge >= 0.3 is 0 Å². The summed E-state index contributed by atoms with van der Waals surface area (Å²) in [7, 11) is 0. The summed E-state index contributed by atoms with van der Waals surface area (Å²) >= 11 is 0. The Balaban J connectivity index is 1.12. The Bertz CT molecular complexity index is 3850. The third-order valence-electron chi connectivity index (χ3n) is 13.0. The first-order valence-electron chi connectivity index (χ1n) is 21.6. The van der Waals surface area contributed by atoms with E-state index in [2.05, 4.69) is 234 Å². The molecule has 0 fully saturated rings. The molecule has 0 aliphatic heterocycles. The van der Waals surface area contributed by atoms with Crippen molar-refractivity contribution in [2.75, 3.05) is 0 Å². The second-order valence-corrected chi connectivity index (χ2v) is 16.4. The summed E-state index contributed by atoms with van der Waals surface area (Å²) in [5, 5.41) is 7.07. The monoisotopic (exact) mass is 802 g/mol. The molecule has 0 radical (unpaired) electrons. The van der Waals surface area contributed by atoms with Gasteiger partial charge in [-0.15, -0.1) is 0 Å². The van der Waals surface area contributed by atoms with Gasteiger partial charge in [-0.05, 0) is 99.6 Å². The van der Waals surface area contributed by atoms with Crippen LogP contribution in [0.3, 0.4) is 0 Å². The molecular formula is C60H38N2O. The standard InChI is InChI=1S/C60H38N2O/c1-3-17-39(18-4-1)43-21-7-8-22-44(43)41-31-35-54-50(37-41)51-38-42(59-45(40-19-5-2-6-20-40)33-34-49-48-25-11-16-30-58(48)63-60(49)59)32-36-55(51)62(54)57-29-15-14-28-56(57)61-52-26-12-9-23-46(52)47-24-10-13-27-53(47)61/h1-38H. The summed E-state index contributed by atoms with van der Waals surface area (Å²) in [6.45, 7) is 0. The van der Waals surface area contributed by atoms with Crippen molar-refractivity contribution >= 4 is 65.6 Å². The van der Waals surface area contributed by atoms with Gasteiger partial charge in [0.05, 0.1) is 33.4 Å². The van der Waals surface area contributed by atoms with Gasteiger partial charge in [0, 0.05) is 37.9 Å². The van der Waals surface area contributed by atoms with Crippen LogP contribution < -0.4 is 0 Å². The molecule has 10 aromatic carbocycles. The molecular weight excluding hydrogens is 765 g/mol. The number of furan rings is 1. The van der Waals surface area contributed by atoms with Gasteiger partial charge in [0.25, 0.3) is 0 Å². The Kier molecular flexibility index (Phi) is 7.91. The van der Waals surface area contributed by atoms with E-state index in [1.807, 2.05) is 6.07 Å². The van der Waals surface area contributed by atoms with E-state index < -0.39 is 0 Å². The van der Waals surface area contributed by atoms with Crippen LogP contribution in [0.2, 0.25) is 0 Å². The predicted octanol–water partition coefficient (Wildman–Crippen LogP) is 16.4. The molecule has 294 valence electrons. The van der Waals surface area contributed by atoms with E-state index in [4.69, 9.17) is 4.42 Å². The van der Waals surface area contributed by atoms with Crippen LogP contribution in [0.15, 0.2) is 235 Å². The maximum Gasteiger partial charge on any atom is 0.143 e. The maximum absolute atomic E-state index is 6.83. The lowest BCUT2D eigenvalue weighted by atomic mass is 9.91. The highest BCUT2D eigenvalue weighted by Gasteiger charge is 2.23. The second-order valence-electron chi connectivity index (χ2n) is 16.4. The van der Waals surface area contributed by atoms with Crippen LogP contribution in [-0.2, 0) is 0 Å². The van der Waals surface area contributed by atoms with Crippen molar-refractivity contribution in [1.82, 2.24) is 9.13 Å². The minimum atomic E-state index is 0.889. The van der Waals surface area contributed by atoms with Crippen LogP contribution in [0, 0.1) is 0 Å². The molecule has 0 saturated carbocycles. The van der Waals surface area contributed by atoms with Gasteiger partial charge in [-0.2, -0.15) is 0 Å². The molecule has 0 saturated heterocycles. The Morgan fingerprint density at radius 2 is 0.730 bits per heavy atom. The molecule has 13 rings (SSSR count). The molecule has 0 bridgehead atoms. The Hall–Kier alpha value is -8.40. The number of aromatic nitrogens is 2. The first-order chi connectivity index (χ1) is 31.3. The molecule has 0 amide bonds. The fourth-order valence-electron chi connectivity index (χ4n) is 10.2. The molecule has 3 heterocycles. The van der Waals surface area contributed by atoms with Gasteiger partial charge in [0.2, 0.25) is 0 Å². The highest BCUT2D eigenvalue weighted by molar-refractivity contribution is 6.16. The maximum atomic E-state index is 6.83. The first-order valence-corrected chi connectivity index (χ1v) is 21.6. The SMILES string of the molecule is c1ccc(-c2ccccc2-c2ccc3c(c2)c2cc(-c4c(-c5ccccc5)ccc5c4oc4ccccc45)ccc2n3-c2ccccc2-n2c3ccccc3c3ccccc32)cc1. The van der Waals surface area contributed by atoms with Crippen LogP contribution in [0.1, 0.15) is 0 Å². The Morgan fingerprint density at radius 1 is 0.270 bits per heavy atom. The fraction of sp³-hybridized carbons (Fsp3) is 0. The van der Waals surface area contributed by atoms with Crippen LogP contribution in [0.5, 0.6) is 0 Å². The zero-order chi connectivity index (χ0) is 41.4. The van der Waals surface area contributed by atoms with Crippen molar-refractivity contribution in [3.8, 4) is 55.9 Å². The Labute approximate surface area is 363 Å². The van der Waals surface area contributed by atoms with Crippen LogP contribution in [0.4, 0.5) is 0 Å². The van der Waals surface area contributed by atoms with Crippen molar-refractivity contribution in [2.45, 2.75) is 0 Å². The molecule has 63 heavy (non-hydrogen) atoms. The van der Waals surface area contributed by atoms with Crippen LogP contribution in [0.25, 0.3) is 121 Å². The summed E-state index contributed by atoms with van der Waals surface area (Å²) in [5.74, 6) is 0. The zero-order valence-corrected chi connectivity index (χ0v) is 34.2. The summed E-state index contributed by atoms with van der Waals surface area (Å²) in [5.41, 5.74) is 17.9. The van der Waals surface area contributed by atoms with Gasteiger partial charge in [-0.3, -0.25) is 0 Å².